The van der Waals surface area contributed by atoms with Gasteiger partial charge in [-0.25, -0.2) is 21.6 Å². The summed E-state index contributed by atoms with van der Waals surface area (Å²) < 4.78 is 84.8. The molecule has 180 valence electrons. The number of nitrogens with one attached hydrogen (secondary N) is 1. The van der Waals surface area contributed by atoms with Crippen LogP contribution in [0.15, 0.2) is 11.8 Å². The molecule has 0 radical (unpaired) electrons. The second-order valence-electron chi connectivity index (χ2n) is 6.23. The van der Waals surface area contributed by atoms with Crippen molar-refractivity contribution in [3.05, 3.63) is 11.8 Å². The normalized spacial score (nSPS) is 37.0. The van der Waals surface area contributed by atoms with Gasteiger partial charge in [-0.1, -0.05) is 0 Å². The van der Waals surface area contributed by atoms with Crippen molar-refractivity contribution in [2.75, 3.05) is 6.61 Å². The molecule has 0 amide bonds. The lowest BCUT2D eigenvalue weighted by Crippen LogP contribution is -2.66. The Hall–Kier alpha value is -1.49. The molecule has 19 heteroatoms. The number of carboxylic acids is 1. The smallest absolute Gasteiger partial charge is 0.229 e. The number of aliphatic hydroxyl groups is 4. The molecule has 0 aliphatic carbocycles. The maximum atomic E-state index is 10.9. The van der Waals surface area contributed by atoms with Gasteiger partial charge < -0.3 is 53.6 Å². The average Bonchev–Trinajstić information content (AvgIpc) is 2.61. The first-order chi connectivity index (χ1) is 14.1. The van der Waals surface area contributed by atoms with Crippen LogP contribution in [0, 0.1) is 0 Å². The van der Waals surface area contributed by atoms with E-state index in [0.29, 0.717) is 6.08 Å². The highest BCUT2D eigenvalue weighted by Crippen LogP contribution is 2.28. The summed E-state index contributed by atoms with van der Waals surface area (Å²) in [6.45, 7) is -1.21. The lowest BCUT2D eigenvalue weighted by molar-refractivity contribution is -0.321. The Morgan fingerprint density at radius 3 is 2.26 bits per heavy atom. The number of hydrogen-bond acceptors (Lipinski definition) is 16. The number of ether oxygens (including phenoxy) is 3. The molecular weight excluding hydrogens is 478 g/mol. The zero-order valence-electron chi connectivity index (χ0n) is 14.9. The minimum atomic E-state index is -5.32. The van der Waals surface area contributed by atoms with Crippen LogP contribution in [0.25, 0.3) is 0 Å². The number of carboxylic acid groups (broad SMARTS) is 1. The number of aliphatic hydroxyl groups excluding tert-OH is 4. The predicted octanol–water partition coefficient (Wildman–Crippen LogP) is -6.94. The molecule has 0 aromatic rings. The van der Waals surface area contributed by atoms with Crippen molar-refractivity contribution < 1.29 is 74.7 Å². The SMILES string of the molecule is O=C([O-])C1=C[C@H](O)[C@@H](O)[C@H](OC2[C@@H](COS(=O)(=O)[O-])OC(O)[C@H](NS(=O)(=O)[O-])[C@H]2O)O1. The molecule has 5 N–H and O–H groups in total. The first kappa shape index (κ1) is 25.8. The molecule has 2 aliphatic rings. The van der Waals surface area contributed by atoms with Gasteiger partial charge in [-0.15, -0.1) is 0 Å². The van der Waals surface area contributed by atoms with Crippen molar-refractivity contribution in [2.45, 2.75) is 49.1 Å². The van der Waals surface area contributed by atoms with Crippen molar-refractivity contribution in [3.63, 3.8) is 0 Å². The van der Waals surface area contributed by atoms with E-state index in [1.807, 2.05) is 0 Å². The van der Waals surface area contributed by atoms with E-state index in [1.165, 1.54) is 4.72 Å². The Kier molecular flexibility index (Phi) is 7.95. The molecule has 1 saturated heterocycles. The van der Waals surface area contributed by atoms with Crippen LogP contribution >= 0.6 is 0 Å². The van der Waals surface area contributed by atoms with E-state index in [9.17, 15) is 56.3 Å². The second-order valence-corrected chi connectivity index (χ2v) is 8.43. The quantitative estimate of drug-likeness (QED) is 0.155. The van der Waals surface area contributed by atoms with Crippen LogP contribution in [-0.4, -0.2) is 108 Å². The Bertz CT molecular complexity index is 900. The summed E-state index contributed by atoms with van der Waals surface area (Å²) in [5.41, 5.74) is 0. The molecule has 0 aromatic heterocycles. The number of carbonyl (C=O) groups is 1. The number of rotatable bonds is 8. The van der Waals surface area contributed by atoms with Gasteiger partial charge in [0.15, 0.2) is 16.6 Å². The third kappa shape index (κ3) is 7.00. The standard InChI is InChI=1S/C12H19NO16S2/c14-3-1-4(10(17)18)28-12(7(3)15)29-9-5(2-26-31(23,24)25)27-11(19)6(8(9)16)13-30(20,21)22/h1,3,5-9,11-16,19H,2H2,(H,17,18)(H,20,21,22)(H,23,24,25)/p-3/t3-,5+,6+,7+,8+,9?,11?,12-/m0/s1. The van der Waals surface area contributed by atoms with Crippen LogP contribution in [-0.2, 0) is 43.9 Å². The first-order valence-electron chi connectivity index (χ1n) is 8.05. The summed E-state index contributed by atoms with van der Waals surface area (Å²) in [6, 6.07) is -2.10. The molecular formula is C12H16NO16S2-3. The monoisotopic (exact) mass is 494 g/mol. The maximum Gasteiger partial charge on any atom is 0.229 e. The fourth-order valence-corrected chi connectivity index (χ4v) is 3.60. The molecule has 2 aliphatic heterocycles. The molecule has 2 rings (SSSR count). The van der Waals surface area contributed by atoms with Crippen molar-refractivity contribution in [3.8, 4) is 0 Å². The zero-order valence-corrected chi connectivity index (χ0v) is 16.5. The van der Waals surface area contributed by atoms with Crippen LogP contribution in [0.1, 0.15) is 0 Å². The van der Waals surface area contributed by atoms with Crippen molar-refractivity contribution in [2.24, 2.45) is 0 Å². The summed E-state index contributed by atoms with van der Waals surface area (Å²) in [7, 11) is -10.6. The van der Waals surface area contributed by atoms with Crippen LogP contribution in [0.3, 0.4) is 0 Å². The fraction of sp³-hybridized carbons (Fsp3) is 0.750. The fourth-order valence-electron chi connectivity index (χ4n) is 2.71. The largest absolute Gasteiger partial charge is 0.735 e. The molecule has 0 spiro atoms. The maximum absolute atomic E-state index is 10.9. The highest BCUT2D eigenvalue weighted by atomic mass is 32.3. The third-order valence-corrected chi connectivity index (χ3v) is 5.02. The second kappa shape index (κ2) is 9.56. The number of hydrogen-bond donors (Lipinski definition) is 5. The van der Waals surface area contributed by atoms with Crippen molar-refractivity contribution in [1.82, 2.24) is 4.72 Å². The lowest BCUT2D eigenvalue weighted by Gasteiger charge is -2.45. The van der Waals surface area contributed by atoms with Gasteiger partial charge in [0.05, 0.1) is 6.61 Å². The van der Waals surface area contributed by atoms with Crippen molar-refractivity contribution >= 4 is 26.7 Å². The van der Waals surface area contributed by atoms with E-state index < -0.39 is 88.2 Å². The van der Waals surface area contributed by atoms with Gasteiger partial charge in [0, 0.05) is 0 Å². The minimum Gasteiger partial charge on any atom is -0.735 e. The molecule has 31 heavy (non-hydrogen) atoms. The van der Waals surface area contributed by atoms with Gasteiger partial charge in [0.2, 0.25) is 16.7 Å². The summed E-state index contributed by atoms with van der Waals surface area (Å²) in [5.74, 6) is -2.94. The summed E-state index contributed by atoms with van der Waals surface area (Å²) in [4.78, 5) is 10.9. The Balaban J connectivity index is 2.31. The van der Waals surface area contributed by atoms with Gasteiger partial charge in [0.1, 0.15) is 48.3 Å². The molecule has 0 aromatic carbocycles. The molecule has 8 atom stereocenters. The number of aliphatic carboxylic acids is 1. The van der Waals surface area contributed by atoms with Crippen molar-refractivity contribution in [1.29, 1.82) is 0 Å². The van der Waals surface area contributed by atoms with Gasteiger partial charge >= 0.3 is 0 Å². The average molecular weight is 494 g/mol. The first-order valence-corrected chi connectivity index (χ1v) is 10.8. The van der Waals surface area contributed by atoms with Gasteiger partial charge in [-0.3, -0.25) is 4.18 Å². The van der Waals surface area contributed by atoms with Gasteiger partial charge in [-0.2, -0.15) is 0 Å². The molecule has 0 saturated carbocycles. The zero-order chi connectivity index (χ0) is 23.7. The highest BCUT2D eigenvalue weighted by molar-refractivity contribution is 7.83. The van der Waals surface area contributed by atoms with Crippen LogP contribution in [0.4, 0.5) is 0 Å². The summed E-state index contributed by atoms with van der Waals surface area (Å²) in [5, 5.41) is 50.8. The van der Waals surface area contributed by atoms with E-state index in [4.69, 9.17) is 14.2 Å². The number of carbonyl (C=O) groups excluding carboxylic acids is 1. The van der Waals surface area contributed by atoms with E-state index in [-0.39, 0.29) is 0 Å². The lowest BCUT2D eigenvalue weighted by atomic mass is 9.97. The van der Waals surface area contributed by atoms with Crippen LogP contribution < -0.4 is 9.83 Å². The molecule has 1 fully saturated rings. The Labute approximate surface area is 174 Å². The molecule has 2 heterocycles. The van der Waals surface area contributed by atoms with Crippen LogP contribution in [0.2, 0.25) is 0 Å². The van der Waals surface area contributed by atoms with Gasteiger partial charge in [-0.05, 0) is 6.08 Å². The van der Waals surface area contributed by atoms with E-state index in [1.54, 1.807) is 0 Å². The molecule has 0 bridgehead atoms. The predicted molar refractivity (Wildman–Crippen MR) is 84.0 cm³/mol. The third-order valence-electron chi connectivity index (χ3n) is 4.04. The Morgan fingerprint density at radius 2 is 1.74 bits per heavy atom. The van der Waals surface area contributed by atoms with E-state index in [0.717, 1.165) is 0 Å². The van der Waals surface area contributed by atoms with Crippen LogP contribution in [0.5, 0.6) is 0 Å². The van der Waals surface area contributed by atoms with E-state index >= 15 is 0 Å². The minimum absolute atomic E-state index is 0.552. The van der Waals surface area contributed by atoms with Gasteiger partial charge in [0.25, 0.3) is 0 Å². The topological polar surface area (TPSA) is 284 Å². The molecule has 17 nitrogen and oxygen atoms in total. The summed E-state index contributed by atoms with van der Waals surface area (Å²) >= 11 is 0. The Morgan fingerprint density at radius 1 is 1.13 bits per heavy atom. The summed E-state index contributed by atoms with van der Waals surface area (Å²) in [6.07, 6.45) is -13.8. The molecule has 2 unspecified atom stereocenters. The van der Waals surface area contributed by atoms with E-state index in [2.05, 4.69) is 4.18 Å². The highest BCUT2D eigenvalue weighted by Gasteiger charge is 2.49.